The van der Waals surface area contributed by atoms with E-state index in [1.165, 1.54) is 18.9 Å². The maximum Gasteiger partial charge on any atom is 0.408 e. The van der Waals surface area contributed by atoms with Crippen molar-refractivity contribution in [3.63, 3.8) is 0 Å². The number of aromatic nitrogens is 3. The Balaban J connectivity index is 0.553. The number of primary amides is 1. The molecule has 4 aromatic rings. The third-order valence-electron chi connectivity index (χ3n) is 24.8. The number of para-hydroxylation sites is 1. The van der Waals surface area contributed by atoms with E-state index >= 15 is 0 Å². The number of ketones is 2. The smallest absolute Gasteiger partial charge is 0.408 e. The Bertz CT molecular complexity index is 4770. The van der Waals surface area contributed by atoms with Gasteiger partial charge in [0.15, 0.2) is 23.5 Å². The number of alkyl carbamates (subject to hydrolysis) is 1. The number of hydrogen-bond acceptors (Lipinski definition) is 28. The standard InChI is InChI=1S/C92H131N13O27S/c1-8-14-80-131-75-54-70-68-25-22-64-53-66(106)28-31-90(64,5)81(68)73(107)55-91(70,6)92(75,132-80)74(108)58-129-59-103(7)87(115)61(4)97-89(117)130-57-62-20-23-65(24-21-62)98-85(113)71(18-13-32-96-88(93)116)99-86(114)82(60(2)3)100-78(111)30-37-122-41-45-126-48-50-127-46-42-123-38-33-94-76(109)26-27-79(112)104-56-63-15-9-10-16-67(63)84-83(69-17-11-12-19-72(69)104)101-102-105(84)35-39-124-43-47-128-51-49-125-44-40-121-36-29-77(110)95-34-52-133(118,119)120/h9-12,15-17,19-21,23-24,28,31,53,60-61,68,70-71,73,75,80-82,107H,8,13-14,18,22,25-27,29-30,32-52,54-59H2,1-7H3,(H,94,109)(H,95,110)(H,97,117)(H,98,113)(H,99,114)(H,100,111)(H3,93,96,116)(H,118,119,120)/t61-,68-,70-,71-,73-,75+,80?,81+,82-,90-,91-,92+/m0/s1. The fourth-order valence-corrected chi connectivity index (χ4v) is 18.6. The van der Waals surface area contributed by atoms with Crippen LogP contribution in [0, 0.1) is 34.5 Å². The number of nitrogens with zero attached hydrogens (tertiary/aromatic N) is 5. The molecule has 1 aromatic heterocycles. The minimum atomic E-state index is -4.15. The van der Waals surface area contributed by atoms with E-state index in [0.29, 0.717) is 87.0 Å². The first-order valence-electron chi connectivity index (χ1n) is 45.6. The van der Waals surface area contributed by atoms with Crippen LogP contribution >= 0.6 is 0 Å². The maximum atomic E-state index is 14.8. The molecular weight excluding hydrogens is 1750 g/mol. The Hall–Kier alpha value is -10.1. The summed E-state index contributed by atoms with van der Waals surface area (Å²) in [5.41, 5.74) is 8.84. The summed E-state index contributed by atoms with van der Waals surface area (Å²) in [5.74, 6) is -4.71. The SMILES string of the molecule is CCCC1O[C@@H]2C[C@H]3[C@@H]4CCC5=CC(=O)C=C[C@]5(C)[C@H]4[C@@H](O)C[C@]3(C)[C@]2(C(=O)COCN(C)C(=O)[C@H](C)NC(=O)OCc2ccc(NC(=O)[C@H](CCCNC(N)=O)NC(=O)[C@@H](NC(=O)CCOCCOCCOCCOCCNC(=O)CCC(=O)N3Cc4ccccc4-c4c(nnn4CCOCCOCCOCCOCCC(=O)NCCS(=O)(=O)O)-c4ccccc43)C(C)C)cc2)O1. The Morgan fingerprint density at radius 1 is 0.699 bits per heavy atom. The van der Waals surface area contributed by atoms with Gasteiger partial charge in [0.1, 0.15) is 43.8 Å². The third-order valence-corrected chi connectivity index (χ3v) is 25.5. The summed E-state index contributed by atoms with van der Waals surface area (Å²) in [6.07, 6.45) is 6.14. The minimum Gasteiger partial charge on any atom is -0.445 e. The van der Waals surface area contributed by atoms with Crippen LogP contribution in [0.2, 0.25) is 0 Å². The Labute approximate surface area is 775 Å². The molecule has 133 heavy (non-hydrogen) atoms. The van der Waals surface area contributed by atoms with Crippen molar-refractivity contribution >= 4 is 86.5 Å². The lowest BCUT2D eigenvalue weighted by Gasteiger charge is -2.59. The summed E-state index contributed by atoms with van der Waals surface area (Å²) >= 11 is 0. The van der Waals surface area contributed by atoms with Crippen molar-refractivity contribution in [1.82, 2.24) is 51.8 Å². The van der Waals surface area contributed by atoms with Crippen LogP contribution in [0.1, 0.15) is 130 Å². The van der Waals surface area contributed by atoms with Crippen LogP contribution in [-0.2, 0) is 130 Å². The number of amides is 10. The van der Waals surface area contributed by atoms with E-state index in [4.69, 9.17) is 67.1 Å². The van der Waals surface area contributed by atoms with Crippen molar-refractivity contribution in [3.05, 3.63) is 108 Å². The van der Waals surface area contributed by atoms with Crippen LogP contribution in [0.4, 0.5) is 21.0 Å². The number of aliphatic hydroxyl groups is 1. The van der Waals surface area contributed by atoms with Gasteiger partial charge in [-0.25, -0.2) is 14.3 Å². The lowest BCUT2D eigenvalue weighted by molar-refractivity contribution is -0.201. The van der Waals surface area contributed by atoms with Crippen molar-refractivity contribution < 1.29 is 128 Å². The number of carbonyl (C=O) groups is 11. The van der Waals surface area contributed by atoms with Gasteiger partial charge < -0.3 is 115 Å². The van der Waals surface area contributed by atoms with E-state index in [0.717, 1.165) is 35.2 Å². The molecule has 41 heteroatoms. The van der Waals surface area contributed by atoms with E-state index in [1.54, 1.807) is 59.8 Å². The Kier molecular flexibility index (Phi) is 40.7. The van der Waals surface area contributed by atoms with Gasteiger partial charge in [0.2, 0.25) is 41.4 Å². The fourth-order valence-electron chi connectivity index (χ4n) is 18.3. The summed E-state index contributed by atoms with van der Waals surface area (Å²) in [4.78, 5) is 148. The number of fused-ring (bicyclic) bond motifs is 12. The molecule has 3 saturated carbocycles. The monoisotopic (exact) mass is 1880 g/mol. The molecule has 10 amide bonds. The predicted molar refractivity (Wildman–Crippen MR) is 482 cm³/mol. The highest BCUT2D eigenvalue weighted by Gasteiger charge is 2.76. The van der Waals surface area contributed by atoms with Crippen molar-refractivity contribution in [2.45, 2.75) is 181 Å². The van der Waals surface area contributed by atoms with Gasteiger partial charge in [-0.05, 0) is 111 Å². The molecule has 10 rings (SSSR count). The number of benzene rings is 3. The highest BCUT2D eigenvalue weighted by molar-refractivity contribution is 7.85. The van der Waals surface area contributed by atoms with Crippen molar-refractivity contribution in [2.24, 2.45) is 40.2 Å². The number of nitrogens with two attached hydrogens (primary N) is 1. The minimum absolute atomic E-state index is 0.0193. The van der Waals surface area contributed by atoms with Gasteiger partial charge >= 0.3 is 12.1 Å². The molecule has 1 saturated heterocycles. The fraction of sp³-hybridized carbons (Fsp3) is 0.620. The topological polar surface area (TPSA) is 521 Å². The van der Waals surface area contributed by atoms with Gasteiger partial charge in [0.25, 0.3) is 10.1 Å². The van der Waals surface area contributed by atoms with Crippen LogP contribution in [0.25, 0.3) is 22.5 Å². The molecule has 732 valence electrons. The predicted octanol–water partition coefficient (Wildman–Crippen LogP) is 4.77. The third kappa shape index (κ3) is 29.7. The molecule has 3 heterocycles. The zero-order chi connectivity index (χ0) is 95.7. The Morgan fingerprint density at radius 2 is 1.32 bits per heavy atom. The first kappa shape index (κ1) is 105. The number of ether oxygens (including phenoxy) is 12. The summed E-state index contributed by atoms with van der Waals surface area (Å²) in [7, 11) is -2.67. The zero-order valence-corrected chi connectivity index (χ0v) is 77.7. The number of anilines is 2. The first-order valence-corrected chi connectivity index (χ1v) is 47.2. The van der Waals surface area contributed by atoms with E-state index in [1.807, 2.05) is 68.5 Å². The summed E-state index contributed by atoms with van der Waals surface area (Å²) < 4.78 is 102. The molecule has 0 radical (unpaired) electrons. The van der Waals surface area contributed by atoms with Gasteiger partial charge in [-0.2, -0.15) is 8.42 Å². The van der Waals surface area contributed by atoms with E-state index < -0.39 is 123 Å². The molecule has 3 aromatic carbocycles. The lowest BCUT2D eigenvalue weighted by Crippen LogP contribution is -2.63. The Morgan fingerprint density at radius 3 is 1.97 bits per heavy atom. The molecule has 4 aliphatic carbocycles. The number of nitrogens with one attached hydrogen (secondary N) is 7. The van der Waals surface area contributed by atoms with Crippen LogP contribution in [0.15, 0.2) is 96.6 Å². The number of Topliss-reactive ketones (excluding diaryl/α,β-unsaturated/α-hetero) is 1. The van der Waals surface area contributed by atoms with Crippen molar-refractivity contribution in [3.8, 4) is 22.5 Å². The number of aliphatic hydroxyl groups excluding tert-OH is 1. The first-order chi connectivity index (χ1) is 63.8. The van der Waals surface area contributed by atoms with Gasteiger partial charge in [0.05, 0.1) is 148 Å². The molecule has 6 aliphatic rings. The van der Waals surface area contributed by atoms with Crippen molar-refractivity contribution in [2.75, 3.05) is 162 Å². The summed E-state index contributed by atoms with van der Waals surface area (Å²) in [6, 6.07) is 17.5. The van der Waals surface area contributed by atoms with E-state index in [-0.39, 0.29) is 198 Å². The summed E-state index contributed by atoms with van der Waals surface area (Å²) in [6.45, 7) is 14.8. The number of rotatable bonds is 57. The second-order valence-electron chi connectivity index (χ2n) is 34.5. The van der Waals surface area contributed by atoms with Crippen LogP contribution < -0.4 is 47.9 Å². The second kappa shape index (κ2) is 51.5. The molecule has 12 atom stereocenters. The number of allylic oxidation sites excluding steroid dienone is 4. The van der Waals surface area contributed by atoms with E-state index in [9.17, 15) is 66.3 Å². The zero-order valence-electron chi connectivity index (χ0n) is 76.9. The average molecular weight is 1880 g/mol. The number of carbonyl (C=O) groups excluding carboxylic acids is 11. The van der Waals surface area contributed by atoms with Crippen LogP contribution in [0.3, 0.4) is 0 Å². The van der Waals surface area contributed by atoms with Gasteiger partial charge in [-0.15, -0.1) is 5.10 Å². The average Bonchev–Trinajstić information content (AvgIpc) is 1.51. The highest BCUT2D eigenvalue weighted by Crippen LogP contribution is 2.70. The molecule has 2 aliphatic heterocycles. The van der Waals surface area contributed by atoms with Crippen molar-refractivity contribution in [1.29, 1.82) is 0 Å². The van der Waals surface area contributed by atoms with Crippen LogP contribution in [0.5, 0.6) is 0 Å². The largest absolute Gasteiger partial charge is 0.445 e. The van der Waals surface area contributed by atoms with Crippen LogP contribution in [-0.4, -0.2) is 297 Å². The normalized spacial score (nSPS) is 21.6. The molecule has 40 nitrogen and oxygen atoms in total. The number of urea groups is 1. The molecule has 4 fully saturated rings. The highest BCUT2D eigenvalue weighted by atomic mass is 32.2. The quantitative estimate of drug-likeness (QED) is 0.0162. The van der Waals surface area contributed by atoms with Gasteiger partial charge in [0, 0.05) is 85.9 Å². The number of likely N-dealkylation sites (N-methyl/N-ethyl adjacent to an activating group) is 1. The van der Waals surface area contributed by atoms with E-state index in [2.05, 4.69) is 54.5 Å². The maximum absolute atomic E-state index is 14.8. The second-order valence-corrected chi connectivity index (χ2v) is 36.1. The summed E-state index contributed by atoms with van der Waals surface area (Å²) in [5, 5.41) is 39.8. The molecule has 11 N–H and O–H groups in total. The van der Waals surface area contributed by atoms with Gasteiger partial charge in [-0.1, -0.05) is 112 Å². The lowest BCUT2D eigenvalue weighted by atomic mass is 9.46. The van der Waals surface area contributed by atoms with Gasteiger partial charge in [-0.3, -0.25) is 47.7 Å². The molecular formula is C92H131N13O27S. The molecule has 1 unspecified atom stereocenters. The molecule has 0 spiro atoms. The molecule has 0 bridgehead atoms. The number of hydrogen-bond donors (Lipinski definition) is 10.